The molecule has 0 aliphatic heterocycles. The fourth-order valence-corrected chi connectivity index (χ4v) is 3.58. The van der Waals surface area contributed by atoms with Gasteiger partial charge >= 0.3 is 0 Å². The monoisotopic (exact) mass is 258 g/mol. The van der Waals surface area contributed by atoms with Crippen molar-refractivity contribution in [2.24, 2.45) is 0 Å². The first-order valence-electron chi connectivity index (χ1n) is 7.23. The molecule has 0 heteroatoms. The molecule has 1 aliphatic rings. The predicted octanol–water partition coefficient (Wildman–Crippen LogP) is 5.72. The Morgan fingerprint density at radius 3 is 1.35 bits per heavy atom. The van der Waals surface area contributed by atoms with E-state index < -0.39 is 0 Å². The van der Waals surface area contributed by atoms with Crippen LogP contribution in [0.3, 0.4) is 0 Å². The van der Waals surface area contributed by atoms with Gasteiger partial charge in [-0.25, -0.2) is 0 Å². The van der Waals surface area contributed by atoms with Gasteiger partial charge in [-0.1, -0.05) is 36.4 Å². The summed E-state index contributed by atoms with van der Waals surface area (Å²) >= 11 is 0. The van der Waals surface area contributed by atoms with Crippen LogP contribution >= 0.6 is 0 Å². The first-order chi connectivity index (χ1) is 9.58. The SMILES string of the molecule is Cc1cc2c(cc1C)-c1ccc(C)c3c(C)ccc-2c13. The number of benzene rings is 3. The zero-order valence-corrected chi connectivity index (χ0v) is 12.5. The molecule has 0 nitrogen and oxygen atoms in total. The van der Waals surface area contributed by atoms with Gasteiger partial charge in [-0.2, -0.15) is 0 Å². The molecule has 98 valence electrons. The van der Waals surface area contributed by atoms with E-state index in [1.165, 1.54) is 55.3 Å². The third kappa shape index (κ3) is 1.31. The molecule has 0 spiro atoms. The highest BCUT2D eigenvalue weighted by Crippen LogP contribution is 2.49. The predicted molar refractivity (Wildman–Crippen MR) is 87.3 cm³/mol. The summed E-state index contributed by atoms with van der Waals surface area (Å²) in [5.41, 5.74) is 11.1. The molecular formula is C20H18. The van der Waals surface area contributed by atoms with Crippen molar-refractivity contribution >= 4 is 10.8 Å². The van der Waals surface area contributed by atoms with Gasteiger partial charge in [0.15, 0.2) is 0 Å². The maximum atomic E-state index is 2.35. The fraction of sp³-hybridized carbons (Fsp3) is 0.200. The van der Waals surface area contributed by atoms with E-state index in [0.29, 0.717) is 0 Å². The van der Waals surface area contributed by atoms with E-state index in [1.54, 1.807) is 0 Å². The van der Waals surface area contributed by atoms with Crippen LogP contribution in [-0.2, 0) is 0 Å². The van der Waals surface area contributed by atoms with Gasteiger partial charge in [-0.3, -0.25) is 0 Å². The molecule has 0 aromatic heterocycles. The van der Waals surface area contributed by atoms with Crippen molar-refractivity contribution in [3.8, 4) is 22.3 Å². The van der Waals surface area contributed by atoms with Crippen LogP contribution in [0, 0.1) is 27.7 Å². The van der Waals surface area contributed by atoms with Crippen LogP contribution in [0.25, 0.3) is 33.0 Å². The molecule has 0 unspecified atom stereocenters. The van der Waals surface area contributed by atoms with Gasteiger partial charge in [0.1, 0.15) is 0 Å². The quantitative estimate of drug-likeness (QED) is 0.378. The molecule has 20 heavy (non-hydrogen) atoms. The Morgan fingerprint density at radius 1 is 0.450 bits per heavy atom. The van der Waals surface area contributed by atoms with E-state index in [4.69, 9.17) is 0 Å². The molecule has 0 heterocycles. The second-order valence-electron chi connectivity index (χ2n) is 6.09. The van der Waals surface area contributed by atoms with Crippen molar-refractivity contribution in [2.45, 2.75) is 27.7 Å². The van der Waals surface area contributed by atoms with E-state index in [-0.39, 0.29) is 0 Å². The Hall–Kier alpha value is -2.08. The maximum absolute atomic E-state index is 2.35. The molecule has 0 N–H and O–H groups in total. The molecule has 3 aromatic carbocycles. The highest BCUT2D eigenvalue weighted by Gasteiger charge is 2.23. The second kappa shape index (κ2) is 3.73. The molecule has 0 radical (unpaired) electrons. The van der Waals surface area contributed by atoms with Gasteiger partial charge in [0.05, 0.1) is 0 Å². The lowest BCUT2D eigenvalue weighted by Gasteiger charge is -2.08. The van der Waals surface area contributed by atoms with Crippen molar-refractivity contribution < 1.29 is 0 Å². The van der Waals surface area contributed by atoms with Crippen LogP contribution < -0.4 is 0 Å². The van der Waals surface area contributed by atoms with Crippen LogP contribution in [0.2, 0.25) is 0 Å². The highest BCUT2D eigenvalue weighted by molar-refractivity contribution is 6.16. The van der Waals surface area contributed by atoms with Crippen molar-refractivity contribution in [1.82, 2.24) is 0 Å². The smallest absolute Gasteiger partial charge is 0.00210 e. The Balaban J connectivity index is 2.25. The van der Waals surface area contributed by atoms with Gasteiger partial charge in [0, 0.05) is 0 Å². The van der Waals surface area contributed by atoms with Gasteiger partial charge in [0.25, 0.3) is 0 Å². The Morgan fingerprint density at radius 2 is 0.900 bits per heavy atom. The van der Waals surface area contributed by atoms with Crippen LogP contribution in [0.4, 0.5) is 0 Å². The fourth-order valence-electron chi connectivity index (χ4n) is 3.58. The van der Waals surface area contributed by atoms with Gasteiger partial charge in [0.2, 0.25) is 0 Å². The average Bonchev–Trinajstić information content (AvgIpc) is 2.71. The minimum Gasteiger partial charge on any atom is -0.0581 e. The van der Waals surface area contributed by atoms with E-state index in [0.717, 1.165) is 0 Å². The van der Waals surface area contributed by atoms with E-state index in [2.05, 4.69) is 64.1 Å². The number of fused-ring (bicyclic) bond motifs is 3. The normalized spacial score (nSPS) is 12.0. The van der Waals surface area contributed by atoms with Crippen LogP contribution in [0.5, 0.6) is 0 Å². The first kappa shape index (κ1) is 11.7. The lowest BCUT2D eigenvalue weighted by molar-refractivity contribution is 1.35. The molecule has 4 rings (SSSR count). The minimum absolute atomic E-state index is 1.38. The summed E-state index contributed by atoms with van der Waals surface area (Å²) in [7, 11) is 0. The highest BCUT2D eigenvalue weighted by atomic mass is 14.3. The molecule has 3 aromatic rings. The van der Waals surface area contributed by atoms with E-state index in [1.807, 2.05) is 0 Å². The van der Waals surface area contributed by atoms with E-state index in [9.17, 15) is 0 Å². The van der Waals surface area contributed by atoms with Crippen molar-refractivity contribution in [3.63, 3.8) is 0 Å². The summed E-state index contributed by atoms with van der Waals surface area (Å²) in [6.45, 7) is 8.84. The standard InChI is InChI=1S/C20H18/c1-11-5-7-15-17-9-13(3)14(4)10-18(17)16-8-6-12(2)19(11)20(15)16/h5-10H,1-4H3. The molecule has 1 aliphatic carbocycles. The molecule has 0 atom stereocenters. The Kier molecular flexibility index (Phi) is 2.18. The summed E-state index contributed by atoms with van der Waals surface area (Å²) in [6, 6.07) is 13.8. The largest absolute Gasteiger partial charge is 0.0581 e. The van der Waals surface area contributed by atoms with Gasteiger partial charge in [-0.15, -0.1) is 0 Å². The molecule has 0 fully saturated rings. The van der Waals surface area contributed by atoms with Crippen molar-refractivity contribution in [2.75, 3.05) is 0 Å². The molecule has 0 saturated carbocycles. The zero-order chi connectivity index (χ0) is 14.0. The average molecular weight is 258 g/mol. The number of aryl methyl sites for hydroxylation is 4. The summed E-state index contributed by atoms with van der Waals surface area (Å²) in [5, 5.41) is 2.89. The molecule has 0 saturated heterocycles. The third-order valence-electron chi connectivity index (χ3n) is 4.79. The van der Waals surface area contributed by atoms with Crippen LogP contribution in [0.1, 0.15) is 22.3 Å². The number of hydrogen-bond donors (Lipinski definition) is 0. The van der Waals surface area contributed by atoms with Crippen molar-refractivity contribution in [1.29, 1.82) is 0 Å². The minimum atomic E-state index is 1.38. The molecular weight excluding hydrogens is 240 g/mol. The molecule has 0 bridgehead atoms. The lowest BCUT2D eigenvalue weighted by Crippen LogP contribution is -1.84. The summed E-state index contributed by atoms with van der Waals surface area (Å²) < 4.78 is 0. The zero-order valence-electron chi connectivity index (χ0n) is 12.5. The number of hydrogen-bond acceptors (Lipinski definition) is 0. The topological polar surface area (TPSA) is 0 Å². The third-order valence-corrected chi connectivity index (χ3v) is 4.79. The second-order valence-corrected chi connectivity index (χ2v) is 6.09. The summed E-state index contributed by atoms with van der Waals surface area (Å²) in [5.74, 6) is 0. The van der Waals surface area contributed by atoms with Crippen LogP contribution in [0.15, 0.2) is 36.4 Å². The number of rotatable bonds is 0. The van der Waals surface area contributed by atoms with Crippen LogP contribution in [-0.4, -0.2) is 0 Å². The summed E-state index contributed by atoms with van der Waals surface area (Å²) in [4.78, 5) is 0. The maximum Gasteiger partial charge on any atom is -0.00210 e. The van der Waals surface area contributed by atoms with Gasteiger partial charge < -0.3 is 0 Å². The van der Waals surface area contributed by atoms with Gasteiger partial charge in [-0.05, 0) is 83.0 Å². The Labute approximate surface area is 120 Å². The first-order valence-corrected chi connectivity index (χ1v) is 7.23. The molecule has 0 amide bonds. The summed E-state index contributed by atoms with van der Waals surface area (Å²) in [6.07, 6.45) is 0. The van der Waals surface area contributed by atoms with Crippen molar-refractivity contribution in [3.05, 3.63) is 58.7 Å². The lowest BCUT2D eigenvalue weighted by atomic mass is 9.96. The Bertz CT molecular complexity index is 813. The van der Waals surface area contributed by atoms with E-state index >= 15 is 0 Å².